The molecule has 0 aromatic rings. The monoisotopic (exact) mass is 196 g/mol. The van der Waals surface area contributed by atoms with Crippen LogP contribution in [0, 0.1) is 11.3 Å². The van der Waals surface area contributed by atoms with Crippen molar-refractivity contribution >= 4 is 0 Å². The number of hydrogen-bond acceptors (Lipinski definition) is 2. The summed E-state index contributed by atoms with van der Waals surface area (Å²) in [5.41, 5.74) is -0.209. The third-order valence-electron chi connectivity index (χ3n) is 3.11. The van der Waals surface area contributed by atoms with Crippen LogP contribution in [0.25, 0.3) is 0 Å². The van der Waals surface area contributed by atoms with E-state index in [1.54, 1.807) is 0 Å². The van der Waals surface area contributed by atoms with Crippen molar-refractivity contribution in [1.82, 2.24) is 4.90 Å². The highest BCUT2D eigenvalue weighted by molar-refractivity contribution is 5.07. The predicted molar refractivity (Wildman–Crippen MR) is 61.1 cm³/mol. The van der Waals surface area contributed by atoms with Gasteiger partial charge in [-0.2, -0.15) is 5.26 Å². The summed E-state index contributed by atoms with van der Waals surface area (Å²) in [5, 5.41) is 9.34. The fraction of sp³-hybridized carbons (Fsp3) is 0.917. The number of nitrogens with zero attached hydrogens (tertiary/aromatic N) is 2. The van der Waals surface area contributed by atoms with Crippen LogP contribution in [-0.4, -0.2) is 23.5 Å². The van der Waals surface area contributed by atoms with Crippen LogP contribution < -0.4 is 0 Å². The van der Waals surface area contributed by atoms with Gasteiger partial charge in [-0.05, 0) is 25.9 Å². The Hall–Kier alpha value is -0.550. The highest BCUT2D eigenvalue weighted by Crippen LogP contribution is 2.25. The van der Waals surface area contributed by atoms with E-state index in [0.717, 1.165) is 32.4 Å². The van der Waals surface area contributed by atoms with Crippen molar-refractivity contribution in [3.05, 3.63) is 0 Å². The number of unbranched alkanes of at least 4 members (excludes halogenated alkanes) is 1. The highest BCUT2D eigenvalue weighted by atomic mass is 15.2. The maximum Gasteiger partial charge on any atom is 0.108 e. The van der Waals surface area contributed by atoms with E-state index in [0.29, 0.717) is 0 Å². The first-order chi connectivity index (χ1) is 6.70. The minimum absolute atomic E-state index is 0.209. The van der Waals surface area contributed by atoms with Gasteiger partial charge in [-0.15, -0.1) is 0 Å². The molecule has 0 aromatic carbocycles. The van der Waals surface area contributed by atoms with Crippen molar-refractivity contribution in [3.8, 4) is 6.07 Å². The van der Waals surface area contributed by atoms with Crippen LogP contribution in [0.5, 0.6) is 0 Å². The Bertz CT molecular complexity index is 179. The van der Waals surface area contributed by atoms with Gasteiger partial charge in [0.05, 0.1) is 6.07 Å². The Morgan fingerprint density at radius 3 is 2.00 bits per heavy atom. The summed E-state index contributed by atoms with van der Waals surface area (Å²) in [7, 11) is 0. The SMILES string of the molecule is CCCCC(C#N)(CC)N(CC)CC. The topological polar surface area (TPSA) is 27.0 Å². The average molecular weight is 196 g/mol. The molecular formula is C12H24N2. The van der Waals surface area contributed by atoms with Gasteiger partial charge in [0.2, 0.25) is 0 Å². The molecule has 0 N–H and O–H groups in total. The fourth-order valence-electron chi connectivity index (χ4n) is 2.06. The van der Waals surface area contributed by atoms with Gasteiger partial charge in [0.25, 0.3) is 0 Å². The van der Waals surface area contributed by atoms with Gasteiger partial charge in [0, 0.05) is 0 Å². The van der Waals surface area contributed by atoms with Crippen molar-refractivity contribution in [3.63, 3.8) is 0 Å². The third kappa shape index (κ3) is 2.99. The van der Waals surface area contributed by atoms with Crippen LogP contribution in [0.2, 0.25) is 0 Å². The van der Waals surface area contributed by atoms with Gasteiger partial charge in [-0.3, -0.25) is 4.90 Å². The summed E-state index contributed by atoms with van der Waals surface area (Å²) < 4.78 is 0. The van der Waals surface area contributed by atoms with E-state index in [-0.39, 0.29) is 5.54 Å². The van der Waals surface area contributed by atoms with Crippen LogP contribution >= 0.6 is 0 Å². The van der Waals surface area contributed by atoms with E-state index in [1.807, 2.05) is 0 Å². The first-order valence-corrected chi connectivity index (χ1v) is 5.87. The van der Waals surface area contributed by atoms with Crippen LogP contribution in [-0.2, 0) is 0 Å². The molecule has 82 valence electrons. The summed E-state index contributed by atoms with van der Waals surface area (Å²) in [6, 6.07) is 2.53. The number of nitriles is 1. The normalized spacial score (nSPS) is 15.1. The Morgan fingerprint density at radius 1 is 1.14 bits per heavy atom. The Morgan fingerprint density at radius 2 is 1.71 bits per heavy atom. The lowest BCUT2D eigenvalue weighted by atomic mass is 9.89. The van der Waals surface area contributed by atoms with E-state index < -0.39 is 0 Å². The largest absolute Gasteiger partial charge is 0.286 e. The van der Waals surface area contributed by atoms with Crippen LogP contribution in [0.15, 0.2) is 0 Å². The third-order valence-corrected chi connectivity index (χ3v) is 3.11. The lowest BCUT2D eigenvalue weighted by Gasteiger charge is -2.37. The second-order valence-corrected chi connectivity index (χ2v) is 3.77. The Labute approximate surface area is 88.9 Å². The van der Waals surface area contributed by atoms with Crippen LogP contribution in [0.3, 0.4) is 0 Å². The quantitative estimate of drug-likeness (QED) is 0.625. The van der Waals surface area contributed by atoms with E-state index in [9.17, 15) is 5.26 Å². The molecule has 0 bridgehead atoms. The molecule has 0 spiro atoms. The number of hydrogen-bond donors (Lipinski definition) is 0. The van der Waals surface area contributed by atoms with Crippen LogP contribution in [0.1, 0.15) is 53.4 Å². The molecule has 0 saturated carbocycles. The van der Waals surface area contributed by atoms with E-state index in [2.05, 4.69) is 38.7 Å². The summed E-state index contributed by atoms with van der Waals surface area (Å²) in [6.07, 6.45) is 4.27. The minimum atomic E-state index is -0.209. The second-order valence-electron chi connectivity index (χ2n) is 3.77. The fourth-order valence-corrected chi connectivity index (χ4v) is 2.06. The Balaban J connectivity index is 4.59. The van der Waals surface area contributed by atoms with Gasteiger partial charge in [-0.1, -0.05) is 40.5 Å². The zero-order chi connectivity index (χ0) is 11.0. The van der Waals surface area contributed by atoms with E-state index in [1.165, 1.54) is 6.42 Å². The molecule has 1 atom stereocenters. The van der Waals surface area contributed by atoms with Gasteiger partial charge in [0.1, 0.15) is 5.54 Å². The summed E-state index contributed by atoms with van der Waals surface area (Å²) >= 11 is 0. The maximum atomic E-state index is 9.34. The molecule has 0 rings (SSSR count). The lowest BCUT2D eigenvalue weighted by Crippen LogP contribution is -2.47. The molecule has 2 heteroatoms. The summed E-state index contributed by atoms with van der Waals surface area (Å²) in [6.45, 7) is 10.5. The van der Waals surface area contributed by atoms with Crippen LogP contribution in [0.4, 0.5) is 0 Å². The predicted octanol–water partition coefficient (Wildman–Crippen LogP) is 3.19. The zero-order valence-corrected chi connectivity index (χ0v) is 10.1. The minimum Gasteiger partial charge on any atom is -0.286 e. The highest BCUT2D eigenvalue weighted by Gasteiger charge is 2.32. The molecule has 0 saturated heterocycles. The molecule has 0 aliphatic heterocycles. The molecule has 0 aliphatic rings. The zero-order valence-electron chi connectivity index (χ0n) is 10.1. The van der Waals surface area contributed by atoms with Crippen molar-refractivity contribution in [2.45, 2.75) is 58.9 Å². The first-order valence-electron chi connectivity index (χ1n) is 5.87. The van der Waals surface area contributed by atoms with Crippen molar-refractivity contribution < 1.29 is 0 Å². The number of rotatable bonds is 7. The van der Waals surface area contributed by atoms with Crippen molar-refractivity contribution in [2.24, 2.45) is 0 Å². The van der Waals surface area contributed by atoms with Gasteiger partial charge in [0.15, 0.2) is 0 Å². The molecular weight excluding hydrogens is 172 g/mol. The summed E-state index contributed by atoms with van der Waals surface area (Å²) in [4.78, 5) is 2.29. The molecule has 0 aromatic heterocycles. The second kappa shape index (κ2) is 6.84. The standard InChI is InChI=1S/C12H24N2/c1-5-9-10-12(6-2,11-13)14(7-3)8-4/h5-10H2,1-4H3. The molecule has 2 nitrogen and oxygen atoms in total. The molecule has 0 amide bonds. The van der Waals surface area contributed by atoms with Crippen molar-refractivity contribution in [1.29, 1.82) is 5.26 Å². The molecule has 0 heterocycles. The van der Waals surface area contributed by atoms with Crippen molar-refractivity contribution in [2.75, 3.05) is 13.1 Å². The molecule has 0 fully saturated rings. The first kappa shape index (κ1) is 13.4. The summed E-state index contributed by atoms with van der Waals surface area (Å²) in [5.74, 6) is 0. The molecule has 0 radical (unpaired) electrons. The van der Waals surface area contributed by atoms with Gasteiger partial charge < -0.3 is 0 Å². The van der Waals surface area contributed by atoms with E-state index in [4.69, 9.17) is 0 Å². The van der Waals surface area contributed by atoms with Gasteiger partial charge in [-0.25, -0.2) is 0 Å². The lowest BCUT2D eigenvalue weighted by molar-refractivity contribution is 0.134. The molecule has 14 heavy (non-hydrogen) atoms. The molecule has 1 unspecified atom stereocenters. The Kier molecular flexibility index (Phi) is 6.57. The molecule has 0 aliphatic carbocycles. The van der Waals surface area contributed by atoms with Gasteiger partial charge >= 0.3 is 0 Å². The smallest absolute Gasteiger partial charge is 0.108 e. The van der Waals surface area contributed by atoms with E-state index >= 15 is 0 Å². The average Bonchev–Trinajstić information content (AvgIpc) is 2.24. The maximum absolute atomic E-state index is 9.34.